The van der Waals surface area contributed by atoms with Crippen molar-refractivity contribution in [1.82, 2.24) is 5.32 Å². The van der Waals surface area contributed by atoms with Crippen molar-refractivity contribution in [3.05, 3.63) is 12.2 Å². The first-order valence-corrected chi connectivity index (χ1v) is 36.9. The van der Waals surface area contributed by atoms with Gasteiger partial charge < -0.3 is 40.3 Å². The third kappa shape index (κ3) is 51.0. The number of carbonyl (C=O) groups excluding carboxylic acids is 1. The molecule has 1 rings (SSSR count). The number of ether oxygens (including phenoxy) is 2. The second-order valence-corrected chi connectivity index (χ2v) is 26.1. The Morgan fingerprint density at radius 2 is 0.671 bits per heavy atom. The number of carbonyl (C=O) groups is 1. The number of hydrogen-bond donors (Lipinski definition) is 6. The van der Waals surface area contributed by atoms with E-state index in [1.165, 1.54) is 334 Å². The van der Waals surface area contributed by atoms with E-state index in [-0.39, 0.29) is 12.5 Å². The minimum atomic E-state index is -1.56. The summed E-state index contributed by atoms with van der Waals surface area (Å²) < 4.78 is 11.3. The predicted octanol–water partition coefficient (Wildman–Crippen LogP) is 20.3. The summed E-state index contributed by atoms with van der Waals surface area (Å²) >= 11 is 0. The van der Waals surface area contributed by atoms with Crippen LogP contribution in [0.4, 0.5) is 0 Å². The van der Waals surface area contributed by atoms with Gasteiger partial charge in [0.25, 0.3) is 0 Å². The molecule has 82 heavy (non-hydrogen) atoms. The van der Waals surface area contributed by atoms with Crippen LogP contribution in [0.25, 0.3) is 0 Å². The molecule has 0 aromatic heterocycles. The maximum absolute atomic E-state index is 13.1. The van der Waals surface area contributed by atoms with Crippen LogP contribution in [0.3, 0.4) is 0 Å². The molecule has 1 heterocycles. The van der Waals surface area contributed by atoms with Gasteiger partial charge in [0.05, 0.1) is 25.4 Å². The van der Waals surface area contributed by atoms with Crippen molar-refractivity contribution < 1.29 is 39.8 Å². The fraction of sp³-hybridized carbons (Fsp3) is 0.959. The summed E-state index contributed by atoms with van der Waals surface area (Å²) in [6, 6.07) is -0.802. The molecule has 1 aliphatic rings. The number of aliphatic hydroxyl groups excluding tert-OH is 5. The quantitative estimate of drug-likeness (QED) is 0.0261. The number of unbranched alkanes of at least 4 members (excludes halogenated alkanes) is 56. The van der Waals surface area contributed by atoms with E-state index in [1.807, 2.05) is 6.08 Å². The van der Waals surface area contributed by atoms with E-state index in [9.17, 15) is 30.3 Å². The third-order valence-corrected chi connectivity index (χ3v) is 18.1. The lowest BCUT2D eigenvalue weighted by Gasteiger charge is -2.40. The summed E-state index contributed by atoms with van der Waals surface area (Å²) in [4.78, 5) is 13.1. The Labute approximate surface area is 509 Å². The monoisotopic (exact) mass is 1160 g/mol. The maximum Gasteiger partial charge on any atom is 0.220 e. The van der Waals surface area contributed by atoms with E-state index in [4.69, 9.17) is 9.47 Å². The van der Waals surface area contributed by atoms with E-state index in [1.54, 1.807) is 6.08 Å². The highest BCUT2D eigenvalue weighted by molar-refractivity contribution is 5.76. The Bertz CT molecular complexity index is 1300. The largest absolute Gasteiger partial charge is 0.394 e. The summed E-state index contributed by atoms with van der Waals surface area (Å²) in [5, 5.41) is 54.8. The summed E-state index contributed by atoms with van der Waals surface area (Å²) in [5.41, 5.74) is 0. The van der Waals surface area contributed by atoms with Gasteiger partial charge in [-0.25, -0.2) is 0 Å². The molecule has 1 saturated heterocycles. The molecule has 0 aromatic rings. The standard InChI is InChI=1S/C73H143NO8/c1-3-5-7-9-11-13-15-17-19-21-23-25-27-29-31-32-33-34-35-36-37-38-40-42-44-46-48-50-52-54-56-58-60-62-67(76)66(65-81-73-72(80)71(79)70(78)68(64-75)82-73)74-69(77)63-61-59-57-55-53-51-49-47-45-43-41-39-30-28-26-24-22-20-18-16-14-12-10-8-6-4-2/h60,62,66-68,70-73,75-76,78-80H,3-59,61,63-65H2,1-2H3,(H,74,77)/b62-60+. The Morgan fingerprint density at radius 3 is 0.951 bits per heavy atom. The first-order chi connectivity index (χ1) is 40.3. The summed E-state index contributed by atoms with van der Waals surface area (Å²) in [7, 11) is 0. The molecule has 9 heteroatoms. The van der Waals surface area contributed by atoms with Crippen LogP contribution in [-0.2, 0) is 14.3 Å². The molecule has 0 bridgehead atoms. The summed E-state index contributed by atoms with van der Waals surface area (Å²) in [6.45, 7) is 3.85. The highest BCUT2D eigenvalue weighted by Gasteiger charge is 2.44. The summed E-state index contributed by atoms with van der Waals surface area (Å²) in [5.74, 6) is -0.166. The highest BCUT2D eigenvalue weighted by atomic mass is 16.7. The van der Waals surface area contributed by atoms with Gasteiger partial charge in [0.15, 0.2) is 6.29 Å². The molecule has 6 N–H and O–H groups in total. The zero-order valence-corrected chi connectivity index (χ0v) is 54.8. The van der Waals surface area contributed by atoms with Crippen LogP contribution in [0.2, 0.25) is 0 Å². The first-order valence-electron chi connectivity index (χ1n) is 36.9. The third-order valence-electron chi connectivity index (χ3n) is 18.1. The normalized spacial score (nSPS) is 18.3. The van der Waals surface area contributed by atoms with Crippen molar-refractivity contribution in [3.63, 3.8) is 0 Å². The molecule has 1 aliphatic heterocycles. The summed E-state index contributed by atoms with van der Waals surface area (Å²) in [6.07, 6.45) is 74.8. The van der Waals surface area contributed by atoms with Crippen molar-refractivity contribution in [2.75, 3.05) is 13.2 Å². The molecule has 488 valence electrons. The van der Waals surface area contributed by atoms with E-state index < -0.39 is 49.5 Å². The van der Waals surface area contributed by atoms with Crippen molar-refractivity contribution in [3.8, 4) is 0 Å². The predicted molar refractivity (Wildman–Crippen MR) is 351 cm³/mol. The van der Waals surface area contributed by atoms with Gasteiger partial charge in [0.1, 0.15) is 24.4 Å². The van der Waals surface area contributed by atoms with Crippen molar-refractivity contribution in [2.45, 2.75) is 436 Å². The van der Waals surface area contributed by atoms with Gasteiger partial charge in [0, 0.05) is 6.42 Å². The van der Waals surface area contributed by atoms with Gasteiger partial charge in [-0.1, -0.05) is 379 Å². The fourth-order valence-electron chi connectivity index (χ4n) is 12.3. The Balaban J connectivity index is 2.09. The fourth-order valence-corrected chi connectivity index (χ4v) is 12.3. The second-order valence-electron chi connectivity index (χ2n) is 26.1. The van der Waals surface area contributed by atoms with Gasteiger partial charge in [0.2, 0.25) is 5.91 Å². The molecule has 0 aliphatic carbocycles. The SMILES string of the molecule is CCCCCCCCCCCCCCCCCCCCCCCCCCCCCCCCC/C=C/C(O)C(COC1OC(CO)C(O)C(O)C1O)NC(=O)CCCCCCCCCCCCCCCCCCCCCCCCCCCC. The van der Waals surface area contributed by atoms with E-state index >= 15 is 0 Å². The molecule has 1 fully saturated rings. The van der Waals surface area contributed by atoms with Crippen LogP contribution >= 0.6 is 0 Å². The topological polar surface area (TPSA) is 149 Å². The molecule has 1 amide bonds. The average molecular weight is 1160 g/mol. The van der Waals surface area contributed by atoms with Gasteiger partial charge in [-0.05, 0) is 19.3 Å². The molecule has 7 atom stereocenters. The van der Waals surface area contributed by atoms with E-state index in [0.29, 0.717) is 6.42 Å². The minimum Gasteiger partial charge on any atom is -0.394 e. The van der Waals surface area contributed by atoms with Gasteiger partial charge >= 0.3 is 0 Å². The number of aliphatic hydroxyl groups is 5. The van der Waals surface area contributed by atoms with Crippen molar-refractivity contribution >= 4 is 5.91 Å². The van der Waals surface area contributed by atoms with Gasteiger partial charge in [-0.2, -0.15) is 0 Å². The van der Waals surface area contributed by atoms with Crippen LogP contribution < -0.4 is 5.32 Å². The van der Waals surface area contributed by atoms with Crippen LogP contribution in [0.15, 0.2) is 12.2 Å². The van der Waals surface area contributed by atoms with E-state index in [0.717, 1.165) is 38.5 Å². The molecule has 9 nitrogen and oxygen atoms in total. The zero-order chi connectivity index (χ0) is 59.3. The maximum atomic E-state index is 13.1. The van der Waals surface area contributed by atoms with Crippen LogP contribution in [0.5, 0.6) is 0 Å². The minimum absolute atomic E-state index is 0.166. The lowest BCUT2D eigenvalue weighted by atomic mass is 9.99. The average Bonchev–Trinajstić information content (AvgIpc) is 3.57. The van der Waals surface area contributed by atoms with Gasteiger partial charge in [-0.3, -0.25) is 4.79 Å². The molecule has 7 unspecified atom stereocenters. The Hall–Kier alpha value is -1.07. The van der Waals surface area contributed by atoms with Crippen molar-refractivity contribution in [1.29, 1.82) is 0 Å². The number of nitrogens with one attached hydrogen (secondary N) is 1. The van der Waals surface area contributed by atoms with Crippen LogP contribution in [0, 0.1) is 0 Å². The Kier molecular flexibility index (Phi) is 60.6. The smallest absolute Gasteiger partial charge is 0.220 e. The molecule has 0 aromatic carbocycles. The lowest BCUT2D eigenvalue weighted by molar-refractivity contribution is -0.302. The number of amides is 1. The van der Waals surface area contributed by atoms with E-state index in [2.05, 4.69) is 19.2 Å². The number of rotatable bonds is 66. The van der Waals surface area contributed by atoms with Gasteiger partial charge in [-0.15, -0.1) is 0 Å². The van der Waals surface area contributed by atoms with Crippen LogP contribution in [0.1, 0.15) is 393 Å². The number of allylic oxidation sites excluding steroid dienone is 1. The highest BCUT2D eigenvalue weighted by Crippen LogP contribution is 2.24. The molecular weight excluding hydrogens is 1020 g/mol. The molecule has 0 saturated carbocycles. The second kappa shape index (κ2) is 63.0. The first kappa shape index (κ1) is 78.9. The molecule has 0 radical (unpaired) electrons. The van der Waals surface area contributed by atoms with Crippen molar-refractivity contribution in [2.24, 2.45) is 0 Å². The lowest BCUT2D eigenvalue weighted by Crippen LogP contribution is -2.60. The van der Waals surface area contributed by atoms with Crippen LogP contribution in [-0.4, -0.2) is 87.5 Å². The number of hydrogen-bond acceptors (Lipinski definition) is 8. The molecular formula is C73H143NO8. The Morgan fingerprint density at radius 1 is 0.402 bits per heavy atom. The zero-order valence-electron chi connectivity index (χ0n) is 54.8. The molecule has 0 spiro atoms.